The van der Waals surface area contributed by atoms with Crippen LogP contribution in [0.15, 0.2) is 0 Å². The maximum absolute atomic E-state index is 11.4. The highest BCUT2D eigenvalue weighted by atomic mass is 79.9. The first-order valence-electron chi connectivity index (χ1n) is 6.31. The van der Waals surface area contributed by atoms with Crippen molar-refractivity contribution in [2.24, 2.45) is 17.8 Å². The first-order valence-corrected chi connectivity index (χ1v) is 7.11. The van der Waals surface area contributed by atoms with Crippen molar-refractivity contribution in [3.8, 4) is 0 Å². The summed E-state index contributed by atoms with van der Waals surface area (Å²) >= 11 is 3.89. The summed E-state index contributed by atoms with van der Waals surface area (Å²) in [5.41, 5.74) is -0.215. The Morgan fingerprint density at radius 3 is 2.31 bits per heavy atom. The first kappa shape index (κ1) is 11.1. The van der Waals surface area contributed by atoms with Gasteiger partial charge in [-0.3, -0.25) is 4.79 Å². The summed E-state index contributed by atoms with van der Waals surface area (Å²) in [5, 5.41) is 0. The number of rotatable bonds is 1. The quantitative estimate of drug-likeness (QED) is 0.546. The largest absolute Gasteiger partial charge is 0.458 e. The van der Waals surface area contributed by atoms with Gasteiger partial charge in [0.25, 0.3) is 0 Å². The van der Waals surface area contributed by atoms with Gasteiger partial charge in [0.05, 0.1) is 4.32 Å². The molecule has 0 heterocycles. The molecule has 4 saturated carbocycles. The lowest BCUT2D eigenvalue weighted by Gasteiger charge is -2.63. The molecule has 0 aromatic heterocycles. The van der Waals surface area contributed by atoms with Crippen LogP contribution in [-0.2, 0) is 9.53 Å². The summed E-state index contributed by atoms with van der Waals surface area (Å²) in [6, 6.07) is 0. The molecule has 0 spiro atoms. The van der Waals surface area contributed by atoms with Crippen molar-refractivity contribution in [3.63, 3.8) is 0 Å². The molecule has 0 saturated heterocycles. The summed E-state index contributed by atoms with van der Waals surface area (Å²) in [6.45, 7) is 3.78. The molecule has 0 radical (unpaired) electrons. The Labute approximate surface area is 105 Å². The lowest BCUT2D eigenvalue weighted by atomic mass is 9.50. The second kappa shape index (κ2) is 3.24. The highest BCUT2D eigenvalue weighted by Gasteiger charge is 2.64. The maximum Gasteiger partial charge on any atom is 0.303 e. The summed E-state index contributed by atoms with van der Waals surface area (Å²) in [7, 11) is 0. The molecular weight excluding hydrogens is 268 g/mol. The zero-order valence-corrected chi connectivity index (χ0v) is 11.5. The number of carbonyl (C=O) groups is 1. The minimum atomic E-state index is -0.215. The van der Waals surface area contributed by atoms with E-state index in [0.29, 0.717) is 5.92 Å². The van der Waals surface area contributed by atoms with E-state index in [4.69, 9.17) is 4.74 Å². The van der Waals surface area contributed by atoms with Gasteiger partial charge in [0, 0.05) is 6.92 Å². The van der Waals surface area contributed by atoms with E-state index < -0.39 is 0 Å². The second-order valence-electron chi connectivity index (χ2n) is 6.21. The Morgan fingerprint density at radius 2 is 1.81 bits per heavy atom. The number of hydrogen-bond acceptors (Lipinski definition) is 2. The molecule has 4 bridgehead atoms. The topological polar surface area (TPSA) is 26.3 Å². The van der Waals surface area contributed by atoms with Crippen molar-refractivity contribution in [3.05, 3.63) is 0 Å². The molecule has 2 nitrogen and oxygen atoms in total. The van der Waals surface area contributed by atoms with Crippen LogP contribution in [0.5, 0.6) is 0 Å². The summed E-state index contributed by atoms with van der Waals surface area (Å²) in [6.07, 6.45) is 6.15. The molecule has 0 aromatic carbocycles. The van der Waals surface area contributed by atoms with Gasteiger partial charge >= 0.3 is 5.97 Å². The molecular formula is C13H19BrO2. The van der Waals surface area contributed by atoms with Crippen LogP contribution in [0.25, 0.3) is 0 Å². The molecule has 0 N–H and O–H groups in total. The zero-order valence-electron chi connectivity index (χ0n) is 9.96. The molecule has 3 unspecified atom stereocenters. The maximum atomic E-state index is 11.4. The van der Waals surface area contributed by atoms with Crippen LogP contribution in [-0.4, -0.2) is 15.9 Å². The number of halogens is 1. The van der Waals surface area contributed by atoms with E-state index in [1.807, 2.05) is 0 Å². The van der Waals surface area contributed by atoms with Crippen molar-refractivity contribution in [1.29, 1.82) is 0 Å². The lowest BCUT2D eigenvalue weighted by Crippen LogP contribution is -2.66. The van der Waals surface area contributed by atoms with E-state index >= 15 is 0 Å². The SMILES string of the molecule is CC(=O)OC12CC3CC(CC(C3)C1(C)Br)C2. The predicted octanol–water partition coefficient (Wildman–Crippen LogP) is 3.28. The normalized spacial score (nSPS) is 54.1. The molecule has 4 fully saturated rings. The van der Waals surface area contributed by atoms with E-state index in [2.05, 4.69) is 22.9 Å². The fourth-order valence-electron chi connectivity index (χ4n) is 4.59. The van der Waals surface area contributed by atoms with Gasteiger partial charge in [0.1, 0.15) is 5.60 Å². The minimum absolute atomic E-state index is 0.000903. The molecule has 0 amide bonds. The predicted molar refractivity (Wildman–Crippen MR) is 65.4 cm³/mol. The Morgan fingerprint density at radius 1 is 1.25 bits per heavy atom. The molecule has 4 aliphatic rings. The number of hydrogen-bond donors (Lipinski definition) is 0. The molecule has 90 valence electrons. The average Bonchev–Trinajstić information content (AvgIpc) is 2.12. The smallest absolute Gasteiger partial charge is 0.303 e. The number of esters is 1. The molecule has 16 heavy (non-hydrogen) atoms. The van der Waals surface area contributed by atoms with Crippen LogP contribution in [0.3, 0.4) is 0 Å². The van der Waals surface area contributed by atoms with E-state index in [1.54, 1.807) is 6.92 Å². The summed E-state index contributed by atoms with van der Waals surface area (Å²) in [4.78, 5) is 11.4. The number of ether oxygens (including phenoxy) is 1. The van der Waals surface area contributed by atoms with Gasteiger partial charge in [-0.25, -0.2) is 0 Å². The Balaban J connectivity index is 1.98. The van der Waals surface area contributed by atoms with Crippen LogP contribution in [0.2, 0.25) is 0 Å². The van der Waals surface area contributed by atoms with E-state index in [0.717, 1.165) is 24.7 Å². The standard InChI is InChI=1S/C13H19BrO2/c1-8(15)16-13-6-9-3-10(7-13)5-11(4-9)12(13,2)14/h9-11H,3-7H2,1-2H3. The monoisotopic (exact) mass is 286 g/mol. The minimum Gasteiger partial charge on any atom is -0.458 e. The molecule has 4 rings (SSSR count). The zero-order chi connectivity index (χ0) is 11.6. The third-order valence-corrected chi connectivity index (χ3v) is 6.51. The van der Waals surface area contributed by atoms with E-state index in [9.17, 15) is 4.79 Å². The van der Waals surface area contributed by atoms with Crippen LogP contribution in [0.4, 0.5) is 0 Å². The van der Waals surface area contributed by atoms with Gasteiger partial charge in [-0.2, -0.15) is 0 Å². The summed E-state index contributed by atoms with van der Waals surface area (Å²) in [5.74, 6) is 2.16. The van der Waals surface area contributed by atoms with Gasteiger partial charge in [0.2, 0.25) is 0 Å². The Bertz CT molecular complexity index is 323. The second-order valence-corrected chi connectivity index (χ2v) is 7.86. The Hall–Kier alpha value is -0.0500. The van der Waals surface area contributed by atoms with Crippen LogP contribution in [0, 0.1) is 17.8 Å². The van der Waals surface area contributed by atoms with E-state index in [-0.39, 0.29) is 15.9 Å². The third-order valence-electron chi connectivity index (χ3n) is 5.14. The van der Waals surface area contributed by atoms with Crippen LogP contribution in [0.1, 0.15) is 46.0 Å². The first-order chi connectivity index (χ1) is 7.43. The van der Waals surface area contributed by atoms with E-state index in [1.165, 1.54) is 19.3 Å². The van der Waals surface area contributed by atoms with Gasteiger partial charge in [-0.05, 0) is 56.8 Å². The van der Waals surface area contributed by atoms with Crippen LogP contribution < -0.4 is 0 Å². The van der Waals surface area contributed by atoms with Crippen molar-refractivity contribution in [1.82, 2.24) is 0 Å². The highest BCUT2D eigenvalue weighted by molar-refractivity contribution is 9.10. The van der Waals surface area contributed by atoms with Crippen molar-refractivity contribution >= 4 is 21.9 Å². The fourth-order valence-corrected chi connectivity index (χ4v) is 5.36. The number of alkyl halides is 1. The lowest BCUT2D eigenvalue weighted by molar-refractivity contribution is -0.193. The van der Waals surface area contributed by atoms with Gasteiger partial charge in [-0.1, -0.05) is 15.9 Å². The Kier molecular flexibility index (Phi) is 2.24. The molecule has 3 heteroatoms. The van der Waals surface area contributed by atoms with Gasteiger partial charge in [0.15, 0.2) is 0 Å². The number of carbonyl (C=O) groups excluding carboxylic acids is 1. The highest BCUT2D eigenvalue weighted by Crippen LogP contribution is 2.64. The van der Waals surface area contributed by atoms with Crippen molar-refractivity contribution in [2.75, 3.05) is 0 Å². The van der Waals surface area contributed by atoms with Crippen molar-refractivity contribution in [2.45, 2.75) is 55.9 Å². The van der Waals surface area contributed by atoms with Gasteiger partial charge in [-0.15, -0.1) is 0 Å². The molecule has 0 aromatic rings. The van der Waals surface area contributed by atoms with Crippen molar-refractivity contribution < 1.29 is 9.53 Å². The third kappa shape index (κ3) is 1.33. The van der Waals surface area contributed by atoms with Gasteiger partial charge < -0.3 is 4.74 Å². The van der Waals surface area contributed by atoms with Crippen LogP contribution >= 0.6 is 15.9 Å². The molecule has 4 aliphatic carbocycles. The molecule has 0 aliphatic heterocycles. The molecule has 3 atom stereocenters. The summed E-state index contributed by atoms with van der Waals surface area (Å²) < 4.78 is 5.78. The fraction of sp³-hybridized carbons (Fsp3) is 0.923. The average molecular weight is 287 g/mol.